The molecule has 1 aromatic carbocycles. The molecule has 1 aliphatic heterocycles. The second-order valence-corrected chi connectivity index (χ2v) is 5.15. The number of phenols is 3. The Morgan fingerprint density at radius 1 is 1.25 bits per heavy atom. The Morgan fingerprint density at radius 3 is 2.55 bits per heavy atom. The Morgan fingerprint density at radius 2 is 1.90 bits per heavy atom. The number of phenolic OH excluding ortho intramolecular Hbond substituents is 3. The summed E-state index contributed by atoms with van der Waals surface area (Å²) in [5.74, 6) is -2.17. The highest BCUT2D eigenvalue weighted by Crippen LogP contribution is 2.37. The second kappa shape index (κ2) is 6.11. The van der Waals surface area contributed by atoms with E-state index in [1.54, 1.807) is 6.92 Å². The third kappa shape index (κ3) is 3.02. The van der Waals surface area contributed by atoms with Crippen molar-refractivity contribution in [2.75, 3.05) is 32.7 Å². The van der Waals surface area contributed by atoms with Gasteiger partial charge in [-0.2, -0.15) is 0 Å². The van der Waals surface area contributed by atoms with Gasteiger partial charge < -0.3 is 25.5 Å². The van der Waals surface area contributed by atoms with Crippen LogP contribution in [0, 0.1) is 5.92 Å². The van der Waals surface area contributed by atoms with E-state index in [0.717, 1.165) is 26.2 Å². The predicted molar refractivity (Wildman–Crippen MR) is 74.2 cm³/mol. The fourth-order valence-electron chi connectivity index (χ4n) is 2.40. The highest BCUT2D eigenvalue weighted by Gasteiger charge is 2.24. The van der Waals surface area contributed by atoms with Crippen molar-refractivity contribution in [1.29, 1.82) is 0 Å². The Bertz CT molecular complexity index is 498. The number of Topliss-reactive ketones (excluding diaryl/α,β-unsaturated/α-hetero) is 1. The zero-order valence-corrected chi connectivity index (χ0v) is 11.5. The molecular formula is C14H20N2O4. The normalized spacial score (nSPS) is 17.9. The van der Waals surface area contributed by atoms with Crippen LogP contribution in [0.3, 0.4) is 0 Å². The molecule has 0 spiro atoms. The Hall–Kier alpha value is -1.79. The first kappa shape index (κ1) is 14.6. The van der Waals surface area contributed by atoms with Crippen molar-refractivity contribution in [2.24, 2.45) is 5.92 Å². The number of benzene rings is 1. The maximum atomic E-state index is 12.3. The van der Waals surface area contributed by atoms with Crippen LogP contribution in [-0.2, 0) is 0 Å². The highest BCUT2D eigenvalue weighted by molar-refractivity contribution is 6.01. The molecule has 0 aliphatic carbocycles. The van der Waals surface area contributed by atoms with E-state index in [1.807, 2.05) is 0 Å². The minimum Gasteiger partial charge on any atom is -0.504 e. The first-order valence-corrected chi connectivity index (χ1v) is 6.72. The molecule has 6 heteroatoms. The average molecular weight is 280 g/mol. The van der Waals surface area contributed by atoms with Crippen LogP contribution in [0.25, 0.3) is 0 Å². The molecule has 0 radical (unpaired) electrons. The molecule has 110 valence electrons. The summed E-state index contributed by atoms with van der Waals surface area (Å²) < 4.78 is 0. The molecule has 1 aliphatic rings. The lowest BCUT2D eigenvalue weighted by atomic mass is 9.97. The number of piperazine rings is 1. The summed E-state index contributed by atoms with van der Waals surface area (Å²) in [6, 6.07) is 2.54. The SMILES string of the molecule is CC(CN1CCNCC1)C(=O)c1ccc(O)c(O)c1O. The zero-order chi connectivity index (χ0) is 14.7. The number of carbonyl (C=O) groups is 1. The van der Waals surface area contributed by atoms with Crippen LogP contribution in [0.4, 0.5) is 0 Å². The highest BCUT2D eigenvalue weighted by atomic mass is 16.3. The van der Waals surface area contributed by atoms with Crippen LogP contribution in [-0.4, -0.2) is 58.7 Å². The van der Waals surface area contributed by atoms with E-state index in [9.17, 15) is 20.1 Å². The van der Waals surface area contributed by atoms with Crippen molar-refractivity contribution < 1.29 is 20.1 Å². The van der Waals surface area contributed by atoms with Gasteiger partial charge in [-0.1, -0.05) is 6.92 Å². The van der Waals surface area contributed by atoms with Crippen molar-refractivity contribution in [2.45, 2.75) is 6.92 Å². The van der Waals surface area contributed by atoms with E-state index in [4.69, 9.17) is 0 Å². The molecule has 1 heterocycles. The third-order valence-electron chi connectivity index (χ3n) is 3.58. The Labute approximate surface area is 117 Å². The molecular weight excluding hydrogens is 260 g/mol. The number of nitrogens with zero attached hydrogens (tertiary/aromatic N) is 1. The molecule has 0 aromatic heterocycles. The molecule has 0 bridgehead atoms. The molecule has 0 amide bonds. The van der Waals surface area contributed by atoms with E-state index >= 15 is 0 Å². The smallest absolute Gasteiger partial charge is 0.201 e. The molecule has 1 atom stereocenters. The van der Waals surface area contributed by atoms with Crippen LogP contribution in [0.2, 0.25) is 0 Å². The lowest BCUT2D eigenvalue weighted by molar-refractivity contribution is 0.0884. The average Bonchev–Trinajstić information content (AvgIpc) is 2.45. The van der Waals surface area contributed by atoms with Crippen molar-refractivity contribution in [3.05, 3.63) is 17.7 Å². The zero-order valence-electron chi connectivity index (χ0n) is 11.5. The Kier molecular flexibility index (Phi) is 4.46. The van der Waals surface area contributed by atoms with Crippen molar-refractivity contribution in [3.63, 3.8) is 0 Å². The summed E-state index contributed by atoms with van der Waals surface area (Å²) in [7, 11) is 0. The largest absolute Gasteiger partial charge is 0.504 e. The van der Waals surface area contributed by atoms with E-state index in [0.29, 0.717) is 6.54 Å². The van der Waals surface area contributed by atoms with Gasteiger partial charge in [-0.25, -0.2) is 0 Å². The van der Waals surface area contributed by atoms with Gasteiger partial charge in [0.2, 0.25) is 5.75 Å². The van der Waals surface area contributed by atoms with E-state index < -0.39 is 17.2 Å². The standard InChI is InChI=1S/C14H20N2O4/c1-9(8-16-6-4-15-5-7-16)12(18)10-2-3-11(17)14(20)13(10)19/h2-3,9,15,17,19-20H,4-8H2,1H3. The van der Waals surface area contributed by atoms with E-state index in [-0.39, 0.29) is 17.3 Å². The van der Waals surface area contributed by atoms with Gasteiger partial charge in [-0.3, -0.25) is 4.79 Å². The topological polar surface area (TPSA) is 93.0 Å². The molecule has 2 rings (SSSR count). The van der Waals surface area contributed by atoms with Gasteiger partial charge in [0.25, 0.3) is 0 Å². The molecule has 0 saturated carbocycles. The van der Waals surface area contributed by atoms with Crippen LogP contribution >= 0.6 is 0 Å². The summed E-state index contributed by atoms with van der Waals surface area (Å²) >= 11 is 0. The summed E-state index contributed by atoms with van der Waals surface area (Å²) in [6.07, 6.45) is 0. The van der Waals surface area contributed by atoms with Crippen LogP contribution in [0.1, 0.15) is 17.3 Å². The van der Waals surface area contributed by atoms with Crippen molar-refractivity contribution in [3.8, 4) is 17.2 Å². The number of aromatic hydroxyl groups is 3. The van der Waals surface area contributed by atoms with Gasteiger partial charge in [-0.15, -0.1) is 0 Å². The van der Waals surface area contributed by atoms with Crippen LogP contribution in [0.15, 0.2) is 12.1 Å². The molecule has 1 aromatic rings. The van der Waals surface area contributed by atoms with Crippen molar-refractivity contribution in [1.82, 2.24) is 10.2 Å². The molecule has 1 fully saturated rings. The van der Waals surface area contributed by atoms with Crippen LogP contribution < -0.4 is 5.32 Å². The summed E-state index contributed by atoms with van der Waals surface area (Å²) in [4.78, 5) is 14.5. The van der Waals surface area contributed by atoms with Gasteiger partial charge in [0.1, 0.15) is 0 Å². The second-order valence-electron chi connectivity index (χ2n) is 5.15. The first-order valence-electron chi connectivity index (χ1n) is 6.72. The summed E-state index contributed by atoms with van der Waals surface area (Å²) in [5, 5.41) is 31.7. The van der Waals surface area contributed by atoms with Crippen molar-refractivity contribution >= 4 is 5.78 Å². The van der Waals surface area contributed by atoms with Gasteiger partial charge in [0, 0.05) is 38.6 Å². The molecule has 20 heavy (non-hydrogen) atoms. The number of carbonyl (C=O) groups excluding carboxylic acids is 1. The number of nitrogens with one attached hydrogen (secondary N) is 1. The van der Waals surface area contributed by atoms with Gasteiger partial charge in [0.15, 0.2) is 17.3 Å². The first-order chi connectivity index (χ1) is 9.50. The minimum atomic E-state index is -0.648. The summed E-state index contributed by atoms with van der Waals surface area (Å²) in [5.41, 5.74) is 0.0444. The van der Waals surface area contributed by atoms with E-state index in [1.165, 1.54) is 12.1 Å². The summed E-state index contributed by atoms with van der Waals surface area (Å²) in [6.45, 7) is 6.02. The van der Waals surface area contributed by atoms with Gasteiger partial charge in [-0.05, 0) is 12.1 Å². The van der Waals surface area contributed by atoms with Crippen LogP contribution in [0.5, 0.6) is 17.2 Å². The Balaban J connectivity index is 2.08. The van der Waals surface area contributed by atoms with E-state index in [2.05, 4.69) is 10.2 Å². The number of ketones is 1. The van der Waals surface area contributed by atoms with Gasteiger partial charge >= 0.3 is 0 Å². The lowest BCUT2D eigenvalue weighted by Crippen LogP contribution is -2.45. The lowest BCUT2D eigenvalue weighted by Gasteiger charge is -2.29. The molecule has 4 N–H and O–H groups in total. The number of hydrogen-bond donors (Lipinski definition) is 4. The fraction of sp³-hybridized carbons (Fsp3) is 0.500. The number of hydrogen-bond acceptors (Lipinski definition) is 6. The molecule has 1 unspecified atom stereocenters. The monoisotopic (exact) mass is 280 g/mol. The third-order valence-corrected chi connectivity index (χ3v) is 3.58. The van der Waals surface area contributed by atoms with Gasteiger partial charge in [0.05, 0.1) is 5.56 Å². The maximum Gasteiger partial charge on any atom is 0.201 e. The fourth-order valence-corrected chi connectivity index (χ4v) is 2.40. The molecule has 6 nitrogen and oxygen atoms in total. The molecule has 1 saturated heterocycles. The minimum absolute atomic E-state index is 0.0444. The maximum absolute atomic E-state index is 12.3. The predicted octanol–water partition coefficient (Wildman–Crippen LogP) is 0.527. The quantitative estimate of drug-likeness (QED) is 0.475. The number of rotatable bonds is 4.